The van der Waals surface area contributed by atoms with Crippen LogP contribution >= 0.6 is 15.9 Å². The van der Waals surface area contributed by atoms with E-state index in [2.05, 4.69) is 68.2 Å². The molecule has 4 nitrogen and oxygen atoms in total. The molecule has 4 rings (SSSR count). The van der Waals surface area contributed by atoms with Gasteiger partial charge in [0.15, 0.2) is 0 Å². The van der Waals surface area contributed by atoms with Crippen LogP contribution in [0.1, 0.15) is 18.1 Å². The van der Waals surface area contributed by atoms with E-state index in [1.165, 1.54) is 11.1 Å². The molecule has 0 aliphatic carbocycles. The highest BCUT2D eigenvalue weighted by Gasteiger charge is 2.24. The van der Waals surface area contributed by atoms with Crippen LogP contribution in [0.4, 0.5) is 5.82 Å². The second kappa shape index (κ2) is 5.81. The molecule has 0 fully saturated rings. The van der Waals surface area contributed by atoms with Crippen molar-refractivity contribution in [3.63, 3.8) is 0 Å². The third kappa shape index (κ3) is 2.45. The summed E-state index contributed by atoms with van der Waals surface area (Å²) in [6.45, 7) is 3.13. The molecule has 0 saturated heterocycles. The Morgan fingerprint density at radius 2 is 2.13 bits per heavy atom. The molecule has 1 aliphatic heterocycles. The highest BCUT2D eigenvalue weighted by Crippen LogP contribution is 2.35. The molecule has 0 saturated carbocycles. The van der Waals surface area contributed by atoms with Crippen molar-refractivity contribution in [2.45, 2.75) is 19.8 Å². The van der Waals surface area contributed by atoms with Gasteiger partial charge in [-0.2, -0.15) is 5.10 Å². The van der Waals surface area contributed by atoms with Crippen LogP contribution in [0.25, 0.3) is 16.9 Å². The first-order valence-corrected chi connectivity index (χ1v) is 8.62. The monoisotopic (exact) mass is 368 g/mol. The van der Waals surface area contributed by atoms with Crippen LogP contribution in [-0.2, 0) is 12.8 Å². The van der Waals surface area contributed by atoms with Crippen molar-refractivity contribution in [3.05, 3.63) is 58.3 Å². The first-order valence-electron chi connectivity index (χ1n) is 7.83. The molecule has 116 valence electrons. The summed E-state index contributed by atoms with van der Waals surface area (Å²) in [7, 11) is 0. The summed E-state index contributed by atoms with van der Waals surface area (Å²) in [5.74, 6) is 1.11. The minimum atomic E-state index is 0.954. The van der Waals surface area contributed by atoms with E-state index in [0.29, 0.717) is 0 Å². The van der Waals surface area contributed by atoms with Gasteiger partial charge in [-0.25, -0.2) is 4.68 Å². The molecule has 23 heavy (non-hydrogen) atoms. The topological polar surface area (TPSA) is 42.7 Å². The number of benzene rings is 1. The first kappa shape index (κ1) is 14.5. The Bertz CT molecular complexity index is 869. The summed E-state index contributed by atoms with van der Waals surface area (Å²) in [6.07, 6.45) is 5.65. The molecule has 2 aromatic heterocycles. The van der Waals surface area contributed by atoms with E-state index in [4.69, 9.17) is 5.10 Å². The van der Waals surface area contributed by atoms with Gasteiger partial charge in [0, 0.05) is 34.5 Å². The van der Waals surface area contributed by atoms with Crippen LogP contribution in [0.3, 0.4) is 0 Å². The van der Waals surface area contributed by atoms with Crippen molar-refractivity contribution >= 4 is 21.7 Å². The maximum Gasteiger partial charge on any atom is 0.133 e. The van der Waals surface area contributed by atoms with Gasteiger partial charge in [-0.15, -0.1) is 0 Å². The standard InChI is InChI=1S/C18H17BrN4/c1-2-12-5-3-4-6-16(12)23-18-15(7-8-21-18)17(22-23)13-9-14(19)11-20-10-13/h3-6,9-11,21H,2,7-8H2,1H3. The number of pyridine rings is 1. The SMILES string of the molecule is CCc1ccccc1-n1nc(-c2cncc(Br)c2)c2c1NCC2. The van der Waals surface area contributed by atoms with E-state index in [-0.39, 0.29) is 0 Å². The van der Waals surface area contributed by atoms with Gasteiger partial charge in [0.05, 0.1) is 11.4 Å². The van der Waals surface area contributed by atoms with Gasteiger partial charge in [-0.05, 0) is 46.5 Å². The van der Waals surface area contributed by atoms with Crippen LogP contribution in [0.5, 0.6) is 0 Å². The van der Waals surface area contributed by atoms with Gasteiger partial charge in [0.1, 0.15) is 5.82 Å². The largest absolute Gasteiger partial charge is 0.369 e. The molecule has 5 heteroatoms. The van der Waals surface area contributed by atoms with Gasteiger partial charge < -0.3 is 5.32 Å². The Kier molecular flexibility index (Phi) is 3.65. The van der Waals surface area contributed by atoms with E-state index in [9.17, 15) is 0 Å². The third-order valence-corrected chi connectivity index (χ3v) is 4.66. The fourth-order valence-electron chi connectivity index (χ4n) is 3.14. The zero-order valence-electron chi connectivity index (χ0n) is 12.9. The van der Waals surface area contributed by atoms with Crippen molar-refractivity contribution in [1.29, 1.82) is 0 Å². The summed E-state index contributed by atoms with van der Waals surface area (Å²) in [5.41, 5.74) is 5.79. The summed E-state index contributed by atoms with van der Waals surface area (Å²) in [6, 6.07) is 10.5. The predicted octanol–water partition coefficient (Wildman–Crippen LogP) is 4.23. The highest BCUT2D eigenvalue weighted by molar-refractivity contribution is 9.10. The summed E-state index contributed by atoms with van der Waals surface area (Å²) in [5, 5.41) is 8.41. The van der Waals surface area contributed by atoms with Crippen molar-refractivity contribution in [2.75, 3.05) is 11.9 Å². The van der Waals surface area contributed by atoms with E-state index in [0.717, 1.165) is 46.6 Å². The number of anilines is 1. The second-order valence-corrected chi connectivity index (χ2v) is 6.55. The molecule has 0 amide bonds. The van der Waals surface area contributed by atoms with Crippen molar-refractivity contribution in [3.8, 4) is 16.9 Å². The first-order chi connectivity index (χ1) is 11.3. The van der Waals surface area contributed by atoms with Gasteiger partial charge in [-0.1, -0.05) is 25.1 Å². The van der Waals surface area contributed by atoms with Gasteiger partial charge in [-0.3, -0.25) is 4.98 Å². The quantitative estimate of drug-likeness (QED) is 0.752. The second-order valence-electron chi connectivity index (χ2n) is 5.64. The maximum absolute atomic E-state index is 4.92. The Morgan fingerprint density at radius 1 is 1.26 bits per heavy atom. The number of aryl methyl sites for hydroxylation is 1. The lowest BCUT2D eigenvalue weighted by Crippen LogP contribution is -2.06. The Hall–Kier alpha value is -2.14. The number of halogens is 1. The summed E-state index contributed by atoms with van der Waals surface area (Å²) in [4.78, 5) is 4.29. The normalized spacial score (nSPS) is 13.0. The molecular weight excluding hydrogens is 352 g/mol. The predicted molar refractivity (Wildman–Crippen MR) is 96.1 cm³/mol. The lowest BCUT2D eigenvalue weighted by Gasteiger charge is -2.10. The van der Waals surface area contributed by atoms with Crippen LogP contribution in [0, 0.1) is 0 Å². The van der Waals surface area contributed by atoms with E-state index >= 15 is 0 Å². The molecule has 0 unspecified atom stereocenters. The highest BCUT2D eigenvalue weighted by atomic mass is 79.9. The van der Waals surface area contributed by atoms with E-state index < -0.39 is 0 Å². The summed E-state index contributed by atoms with van der Waals surface area (Å²) < 4.78 is 3.02. The zero-order valence-corrected chi connectivity index (χ0v) is 14.5. The molecular formula is C18H17BrN4. The minimum absolute atomic E-state index is 0.954. The molecule has 0 bridgehead atoms. The fourth-order valence-corrected chi connectivity index (χ4v) is 3.50. The maximum atomic E-state index is 4.92. The average molecular weight is 369 g/mol. The minimum Gasteiger partial charge on any atom is -0.369 e. The zero-order chi connectivity index (χ0) is 15.8. The number of hydrogen-bond acceptors (Lipinski definition) is 3. The number of nitrogens with zero attached hydrogens (tertiary/aromatic N) is 3. The molecule has 0 spiro atoms. The van der Waals surface area contributed by atoms with Gasteiger partial charge in [0.25, 0.3) is 0 Å². The number of hydrogen-bond donors (Lipinski definition) is 1. The molecule has 0 radical (unpaired) electrons. The van der Waals surface area contributed by atoms with E-state index in [1.54, 1.807) is 6.20 Å². The van der Waals surface area contributed by atoms with Gasteiger partial charge in [0.2, 0.25) is 0 Å². The average Bonchev–Trinajstić information content (AvgIpc) is 3.17. The molecule has 1 aromatic carbocycles. The lowest BCUT2D eigenvalue weighted by atomic mass is 10.1. The van der Waals surface area contributed by atoms with E-state index in [1.807, 2.05) is 6.20 Å². The fraction of sp³-hybridized carbons (Fsp3) is 0.222. The van der Waals surface area contributed by atoms with Crippen LogP contribution < -0.4 is 5.32 Å². The number of para-hydroxylation sites is 1. The smallest absolute Gasteiger partial charge is 0.133 e. The Balaban J connectivity index is 1.92. The van der Waals surface area contributed by atoms with Crippen molar-refractivity contribution in [1.82, 2.24) is 14.8 Å². The molecule has 3 heterocycles. The number of fused-ring (bicyclic) bond motifs is 1. The Labute approximate surface area is 143 Å². The number of aromatic nitrogens is 3. The van der Waals surface area contributed by atoms with Crippen LogP contribution in [0.15, 0.2) is 47.2 Å². The van der Waals surface area contributed by atoms with Crippen LogP contribution in [0.2, 0.25) is 0 Å². The number of nitrogens with one attached hydrogen (secondary N) is 1. The van der Waals surface area contributed by atoms with Crippen LogP contribution in [-0.4, -0.2) is 21.3 Å². The Morgan fingerprint density at radius 3 is 2.96 bits per heavy atom. The molecule has 3 aromatic rings. The van der Waals surface area contributed by atoms with Crippen molar-refractivity contribution < 1.29 is 0 Å². The van der Waals surface area contributed by atoms with Gasteiger partial charge >= 0.3 is 0 Å². The third-order valence-electron chi connectivity index (χ3n) is 4.23. The van der Waals surface area contributed by atoms with Crippen molar-refractivity contribution in [2.24, 2.45) is 0 Å². The molecule has 1 N–H and O–H groups in total. The number of rotatable bonds is 3. The summed E-state index contributed by atoms with van der Waals surface area (Å²) >= 11 is 3.50. The molecule has 1 aliphatic rings. The lowest BCUT2D eigenvalue weighted by molar-refractivity contribution is 0.865. The molecule has 0 atom stereocenters.